The maximum absolute atomic E-state index is 9.21. The Balaban J connectivity index is 2.18. The number of fused-ring (bicyclic) bond motifs is 1. The average Bonchev–Trinajstić information content (AvgIpc) is 3.20. The normalized spacial score (nSPS) is 14.6. The van der Waals surface area contributed by atoms with Crippen molar-refractivity contribution in [2.75, 3.05) is 11.9 Å². The minimum absolute atomic E-state index is 0.566. The lowest BCUT2D eigenvalue weighted by molar-refractivity contribution is 0.894. The van der Waals surface area contributed by atoms with Crippen LogP contribution in [-0.4, -0.2) is 18.1 Å². The Morgan fingerprint density at radius 2 is 2.12 bits per heavy atom. The third-order valence-electron chi connectivity index (χ3n) is 3.25. The fraction of sp³-hybridized carbons (Fsp3) is 0.286. The number of hydrogen-bond acceptors (Lipinski definition) is 3. The third kappa shape index (κ3) is 1.72. The van der Waals surface area contributed by atoms with Gasteiger partial charge in [0.05, 0.1) is 11.1 Å². The summed E-state index contributed by atoms with van der Waals surface area (Å²) in [5.41, 5.74) is 1.62. The van der Waals surface area contributed by atoms with Crippen molar-refractivity contribution in [1.29, 1.82) is 5.26 Å². The molecule has 1 aromatic carbocycles. The molecule has 3 nitrogen and oxygen atoms in total. The topological polar surface area (TPSA) is 39.9 Å². The number of nitriles is 1. The lowest BCUT2D eigenvalue weighted by Crippen LogP contribution is -2.21. The maximum atomic E-state index is 9.21. The highest BCUT2D eigenvalue weighted by Gasteiger charge is 2.28. The molecule has 3 rings (SSSR count). The Morgan fingerprint density at radius 1 is 1.35 bits per heavy atom. The molecule has 0 aliphatic heterocycles. The molecule has 17 heavy (non-hydrogen) atoms. The number of nitrogens with zero attached hydrogens (tertiary/aromatic N) is 3. The van der Waals surface area contributed by atoms with E-state index in [1.807, 2.05) is 37.4 Å². The van der Waals surface area contributed by atoms with Crippen molar-refractivity contribution >= 4 is 16.7 Å². The SMILES string of the molecule is CN(c1nc2ccccc2cc1C#N)C1CC1. The van der Waals surface area contributed by atoms with Crippen LogP contribution in [-0.2, 0) is 0 Å². The van der Waals surface area contributed by atoms with E-state index in [-0.39, 0.29) is 0 Å². The number of pyridine rings is 1. The first-order valence-electron chi connectivity index (χ1n) is 5.82. The minimum Gasteiger partial charge on any atom is -0.356 e. The number of aromatic nitrogens is 1. The van der Waals surface area contributed by atoms with Crippen molar-refractivity contribution in [3.8, 4) is 6.07 Å². The van der Waals surface area contributed by atoms with Crippen LogP contribution in [0.15, 0.2) is 30.3 Å². The molecule has 1 aliphatic rings. The summed E-state index contributed by atoms with van der Waals surface area (Å²) in [5, 5.41) is 10.2. The van der Waals surface area contributed by atoms with Crippen molar-refractivity contribution in [3.05, 3.63) is 35.9 Å². The molecule has 1 aromatic heterocycles. The number of rotatable bonds is 2. The van der Waals surface area contributed by atoms with Gasteiger partial charge in [0.1, 0.15) is 11.9 Å². The Labute approximate surface area is 100 Å². The van der Waals surface area contributed by atoms with E-state index in [9.17, 15) is 5.26 Å². The van der Waals surface area contributed by atoms with E-state index in [0.717, 1.165) is 16.7 Å². The fourth-order valence-electron chi connectivity index (χ4n) is 2.09. The fourth-order valence-corrected chi connectivity index (χ4v) is 2.09. The summed E-state index contributed by atoms with van der Waals surface area (Å²) in [6, 6.07) is 12.7. The third-order valence-corrected chi connectivity index (χ3v) is 3.25. The van der Waals surface area contributed by atoms with E-state index in [1.165, 1.54) is 12.8 Å². The van der Waals surface area contributed by atoms with E-state index in [2.05, 4.69) is 16.0 Å². The van der Waals surface area contributed by atoms with Crippen molar-refractivity contribution in [2.24, 2.45) is 0 Å². The Bertz CT molecular complexity index is 608. The molecule has 0 spiro atoms. The standard InChI is InChI=1S/C14H13N3/c1-17(12-6-7-12)14-11(9-15)8-10-4-2-3-5-13(10)16-14/h2-5,8,12H,6-7H2,1H3. The first-order chi connectivity index (χ1) is 8.29. The summed E-state index contributed by atoms with van der Waals surface area (Å²) >= 11 is 0. The van der Waals surface area contributed by atoms with Crippen LogP contribution in [0.4, 0.5) is 5.82 Å². The molecule has 0 amide bonds. The van der Waals surface area contributed by atoms with Gasteiger partial charge in [-0.2, -0.15) is 5.26 Å². The van der Waals surface area contributed by atoms with E-state index in [4.69, 9.17) is 0 Å². The Morgan fingerprint density at radius 3 is 2.82 bits per heavy atom. The molecule has 0 radical (unpaired) electrons. The Hall–Kier alpha value is -2.08. The van der Waals surface area contributed by atoms with Crippen LogP contribution in [0.2, 0.25) is 0 Å². The predicted molar refractivity (Wildman–Crippen MR) is 67.9 cm³/mol. The van der Waals surface area contributed by atoms with Crippen LogP contribution in [0.5, 0.6) is 0 Å². The summed E-state index contributed by atoms with van der Waals surface area (Å²) in [4.78, 5) is 6.74. The second-order valence-electron chi connectivity index (χ2n) is 4.51. The molecule has 0 bridgehead atoms. The van der Waals surface area contributed by atoms with Gasteiger partial charge in [-0.15, -0.1) is 0 Å². The summed E-state index contributed by atoms with van der Waals surface area (Å²) < 4.78 is 0. The van der Waals surface area contributed by atoms with Crippen LogP contribution in [0.1, 0.15) is 18.4 Å². The molecule has 0 atom stereocenters. The van der Waals surface area contributed by atoms with Gasteiger partial charge in [-0.25, -0.2) is 4.98 Å². The second-order valence-corrected chi connectivity index (χ2v) is 4.51. The summed E-state index contributed by atoms with van der Waals surface area (Å²) in [5.74, 6) is 0.814. The number of benzene rings is 1. The van der Waals surface area contributed by atoms with E-state index in [0.29, 0.717) is 11.6 Å². The van der Waals surface area contributed by atoms with E-state index in [1.54, 1.807) is 0 Å². The van der Waals surface area contributed by atoms with E-state index < -0.39 is 0 Å². The molecular weight excluding hydrogens is 210 g/mol. The molecular formula is C14H13N3. The van der Waals surface area contributed by atoms with Gasteiger partial charge in [-0.1, -0.05) is 18.2 Å². The summed E-state index contributed by atoms with van der Waals surface area (Å²) in [7, 11) is 2.02. The van der Waals surface area contributed by atoms with Gasteiger partial charge in [-0.3, -0.25) is 0 Å². The zero-order valence-electron chi connectivity index (χ0n) is 9.72. The van der Waals surface area contributed by atoms with Gasteiger partial charge in [0, 0.05) is 18.5 Å². The van der Waals surface area contributed by atoms with Crippen molar-refractivity contribution in [3.63, 3.8) is 0 Å². The van der Waals surface area contributed by atoms with Gasteiger partial charge in [-0.05, 0) is 25.0 Å². The quantitative estimate of drug-likeness (QED) is 0.785. The average molecular weight is 223 g/mol. The van der Waals surface area contributed by atoms with Crippen LogP contribution < -0.4 is 4.90 Å². The van der Waals surface area contributed by atoms with Crippen LogP contribution in [0.3, 0.4) is 0 Å². The molecule has 0 N–H and O–H groups in total. The molecule has 0 saturated heterocycles. The van der Waals surface area contributed by atoms with Gasteiger partial charge in [0.15, 0.2) is 0 Å². The van der Waals surface area contributed by atoms with E-state index >= 15 is 0 Å². The smallest absolute Gasteiger partial charge is 0.147 e. The van der Waals surface area contributed by atoms with Gasteiger partial charge in [0.25, 0.3) is 0 Å². The monoisotopic (exact) mass is 223 g/mol. The lowest BCUT2D eigenvalue weighted by Gasteiger charge is -2.19. The summed E-state index contributed by atoms with van der Waals surface area (Å²) in [6.07, 6.45) is 2.41. The maximum Gasteiger partial charge on any atom is 0.147 e. The van der Waals surface area contributed by atoms with Crippen molar-refractivity contribution in [1.82, 2.24) is 4.98 Å². The zero-order chi connectivity index (χ0) is 11.8. The highest BCUT2D eigenvalue weighted by atomic mass is 15.2. The first kappa shape index (κ1) is 10.1. The Kier molecular flexibility index (Phi) is 2.22. The number of hydrogen-bond donors (Lipinski definition) is 0. The number of anilines is 1. The van der Waals surface area contributed by atoms with Crippen LogP contribution >= 0.6 is 0 Å². The second kappa shape index (κ2) is 3.74. The van der Waals surface area contributed by atoms with Crippen molar-refractivity contribution < 1.29 is 0 Å². The lowest BCUT2D eigenvalue weighted by atomic mass is 10.1. The van der Waals surface area contributed by atoms with Gasteiger partial charge < -0.3 is 4.90 Å². The highest BCUT2D eigenvalue weighted by Crippen LogP contribution is 2.32. The van der Waals surface area contributed by atoms with Crippen LogP contribution in [0, 0.1) is 11.3 Å². The molecule has 2 aromatic rings. The molecule has 0 unspecified atom stereocenters. The first-order valence-corrected chi connectivity index (χ1v) is 5.82. The number of para-hydroxylation sites is 1. The zero-order valence-corrected chi connectivity index (χ0v) is 9.72. The molecule has 84 valence electrons. The molecule has 1 fully saturated rings. The highest BCUT2D eigenvalue weighted by molar-refractivity contribution is 5.83. The predicted octanol–water partition coefficient (Wildman–Crippen LogP) is 2.71. The molecule has 3 heteroatoms. The molecule has 1 heterocycles. The molecule has 1 aliphatic carbocycles. The molecule has 1 saturated carbocycles. The van der Waals surface area contributed by atoms with Gasteiger partial charge in [0.2, 0.25) is 0 Å². The van der Waals surface area contributed by atoms with Crippen molar-refractivity contribution in [2.45, 2.75) is 18.9 Å². The minimum atomic E-state index is 0.566. The van der Waals surface area contributed by atoms with Gasteiger partial charge >= 0.3 is 0 Å². The summed E-state index contributed by atoms with van der Waals surface area (Å²) in [6.45, 7) is 0. The van der Waals surface area contributed by atoms with Crippen LogP contribution in [0.25, 0.3) is 10.9 Å². The largest absolute Gasteiger partial charge is 0.356 e.